The highest BCUT2D eigenvalue weighted by atomic mass is 16.1. The normalized spacial score (nSPS) is 12.8. The Labute approximate surface area is 211 Å². The van der Waals surface area contributed by atoms with Crippen molar-refractivity contribution >= 4 is 28.6 Å². The number of fused-ring (bicyclic) bond motifs is 1. The van der Waals surface area contributed by atoms with Crippen molar-refractivity contribution in [2.75, 3.05) is 24.2 Å². The molecule has 4 aromatic rings. The highest BCUT2D eigenvalue weighted by Crippen LogP contribution is 2.31. The third-order valence-corrected chi connectivity index (χ3v) is 6.26. The number of rotatable bonds is 9. The summed E-state index contributed by atoms with van der Waals surface area (Å²) in [5.74, 6) is 1.68. The fourth-order valence-electron chi connectivity index (χ4n) is 4.05. The van der Waals surface area contributed by atoms with Crippen molar-refractivity contribution in [3.8, 4) is 11.3 Å². The predicted octanol–water partition coefficient (Wildman–Crippen LogP) is 4.51. The average molecular weight is 485 g/mol. The fourth-order valence-corrected chi connectivity index (χ4v) is 4.05. The molecule has 1 amide bonds. The summed E-state index contributed by atoms with van der Waals surface area (Å²) in [6, 6.07) is 9.95. The summed E-state index contributed by atoms with van der Waals surface area (Å²) in [6.07, 6.45) is 6.76. The van der Waals surface area contributed by atoms with E-state index < -0.39 is 0 Å². The second-order valence-electron chi connectivity index (χ2n) is 9.21. The van der Waals surface area contributed by atoms with Crippen LogP contribution in [0.25, 0.3) is 22.2 Å². The zero-order valence-corrected chi connectivity index (χ0v) is 21.3. The van der Waals surface area contributed by atoms with Gasteiger partial charge in [0.15, 0.2) is 0 Å². The summed E-state index contributed by atoms with van der Waals surface area (Å²) >= 11 is 0. The highest BCUT2D eigenvalue weighted by Gasteiger charge is 2.19. The maximum absolute atomic E-state index is 12.3. The first kappa shape index (κ1) is 25.0. The van der Waals surface area contributed by atoms with Crippen molar-refractivity contribution in [1.29, 1.82) is 0 Å². The van der Waals surface area contributed by atoms with Gasteiger partial charge in [0.2, 0.25) is 5.95 Å². The molecule has 1 unspecified atom stereocenters. The number of aromatic nitrogens is 5. The van der Waals surface area contributed by atoms with Gasteiger partial charge < -0.3 is 16.0 Å². The van der Waals surface area contributed by atoms with Gasteiger partial charge in [-0.2, -0.15) is 0 Å². The highest BCUT2D eigenvalue weighted by molar-refractivity contribution is 6.06. The monoisotopic (exact) mass is 484 g/mol. The molecule has 186 valence electrons. The lowest BCUT2D eigenvalue weighted by Gasteiger charge is -2.22. The minimum atomic E-state index is -0.113. The van der Waals surface area contributed by atoms with Gasteiger partial charge >= 0.3 is 0 Å². The first-order chi connectivity index (χ1) is 17.4. The maximum atomic E-state index is 12.3. The quantitative estimate of drug-likeness (QED) is 0.318. The second kappa shape index (κ2) is 11.1. The SMILES string of the molecule is CNC(=O)c1ccnc2c(C(C)[C@H](C)CNc3cc(-c4cnc(NC(C)C)nc4)ncn3)cccc12. The van der Waals surface area contributed by atoms with Gasteiger partial charge in [-0.25, -0.2) is 19.9 Å². The van der Waals surface area contributed by atoms with Crippen LogP contribution in [0.1, 0.15) is 49.5 Å². The Kier molecular flexibility index (Phi) is 7.68. The minimum absolute atomic E-state index is 0.113. The summed E-state index contributed by atoms with van der Waals surface area (Å²) < 4.78 is 0. The van der Waals surface area contributed by atoms with Gasteiger partial charge in [-0.3, -0.25) is 9.78 Å². The molecule has 0 radical (unpaired) electrons. The fraction of sp³-hybridized carbons (Fsp3) is 0.333. The molecule has 2 atom stereocenters. The molecular weight excluding hydrogens is 452 g/mol. The summed E-state index contributed by atoms with van der Waals surface area (Å²) in [7, 11) is 1.64. The molecule has 0 aliphatic heterocycles. The Balaban J connectivity index is 1.47. The summed E-state index contributed by atoms with van der Waals surface area (Å²) in [4.78, 5) is 34.4. The Morgan fingerprint density at radius 2 is 1.75 bits per heavy atom. The van der Waals surface area contributed by atoms with E-state index in [2.05, 4.69) is 60.8 Å². The zero-order valence-electron chi connectivity index (χ0n) is 21.3. The van der Waals surface area contributed by atoms with Gasteiger partial charge in [-0.1, -0.05) is 32.0 Å². The van der Waals surface area contributed by atoms with Crippen LogP contribution in [-0.2, 0) is 0 Å². The number of hydrogen-bond acceptors (Lipinski definition) is 8. The molecule has 9 heteroatoms. The Morgan fingerprint density at radius 1 is 0.972 bits per heavy atom. The van der Waals surface area contributed by atoms with Crippen LogP contribution in [0, 0.1) is 5.92 Å². The molecule has 1 aromatic carbocycles. The second-order valence-corrected chi connectivity index (χ2v) is 9.21. The first-order valence-electron chi connectivity index (χ1n) is 12.1. The van der Waals surface area contributed by atoms with Crippen LogP contribution in [-0.4, -0.2) is 50.5 Å². The van der Waals surface area contributed by atoms with Gasteiger partial charge in [-0.05, 0) is 37.3 Å². The number of benzene rings is 1. The third kappa shape index (κ3) is 5.56. The minimum Gasteiger partial charge on any atom is -0.370 e. The molecule has 0 spiro atoms. The van der Waals surface area contributed by atoms with Crippen LogP contribution < -0.4 is 16.0 Å². The van der Waals surface area contributed by atoms with Crippen molar-refractivity contribution in [2.24, 2.45) is 5.92 Å². The molecule has 36 heavy (non-hydrogen) atoms. The lowest BCUT2D eigenvalue weighted by atomic mass is 9.87. The average Bonchev–Trinajstić information content (AvgIpc) is 2.90. The molecule has 0 fully saturated rings. The molecule has 0 saturated heterocycles. The number of nitrogens with one attached hydrogen (secondary N) is 3. The molecule has 3 N–H and O–H groups in total. The maximum Gasteiger partial charge on any atom is 0.251 e. The van der Waals surface area contributed by atoms with Gasteiger partial charge in [0.1, 0.15) is 12.1 Å². The number of carbonyl (C=O) groups excluding carboxylic acids is 1. The number of para-hydroxylation sites is 1. The van der Waals surface area contributed by atoms with E-state index >= 15 is 0 Å². The number of hydrogen-bond donors (Lipinski definition) is 3. The largest absolute Gasteiger partial charge is 0.370 e. The van der Waals surface area contributed by atoms with E-state index in [1.165, 1.54) is 0 Å². The summed E-state index contributed by atoms with van der Waals surface area (Å²) in [5.41, 5.74) is 4.18. The van der Waals surface area contributed by atoms with Gasteiger partial charge in [0.05, 0.1) is 16.8 Å². The van der Waals surface area contributed by atoms with Crippen LogP contribution in [0.2, 0.25) is 0 Å². The lowest BCUT2D eigenvalue weighted by Crippen LogP contribution is -2.19. The Morgan fingerprint density at radius 3 is 2.47 bits per heavy atom. The van der Waals surface area contributed by atoms with Crippen LogP contribution in [0.3, 0.4) is 0 Å². The van der Waals surface area contributed by atoms with Crippen LogP contribution in [0.4, 0.5) is 11.8 Å². The van der Waals surface area contributed by atoms with Gasteiger partial charge in [0.25, 0.3) is 5.91 Å². The zero-order chi connectivity index (χ0) is 25.7. The first-order valence-corrected chi connectivity index (χ1v) is 12.1. The van der Waals surface area contributed by atoms with Crippen molar-refractivity contribution in [3.63, 3.8) is 0 Å². The van der Waals surface area contributed by atoms with Crippen LogP contribution in [0.5, 0.6) is 0 Å². The van der Waals surface area contributed by atoms with E-state index in [9.17, 15) is 4.79 Å². The molecule has 0 aliphatic rings. The molecule has 3 heterocycles. The van der Waals surface area contributed by atoms with Crippen LogP contribution >= 0.6 is 0 Å². The van der Waals surface area contributed by atoms with E-state index in [-0.39, 0.29) is 23.8 Å². The standard InChI is InChI=1S/C27H32N8O/c1-16(2)35-27-31-13-19(14-32-27)23-11-24(34-15-33-23)30-12-17(3)18(4)20-7-6-8-21-22(26(36)28-5)9-10-29-25(20)21/h6-11,13-18H,12H2,1-5H3,(H,28,36)(H,30,33,34)(H,31,32,35)/t17-,18?/m1/s1. The topological polar surface area (TPSA) is 118 Å². The van der Waals surface area contributed by atoms with Crippen molar-refractivity contribution in [2.45, 2.75) is 39.7 Å². The van der Waals surface area contributed by atoms with Crippen LogP contribution in [0.15, 0.2) is 55.2 Å². The molecule has 3 aromatic heterocycles. The van der Waals surface area contributed by atoms with E-state index in [1.807, 2.05) is 32.0 Å². The number of carbonyl (C=O) groups is 1. The molecule has 0 aliphatic carbocycles. The Hall–Kier alpha value is -4.14. The summed E-state index contributed by atoms with van der Waals surface area (Å²) in [6.45, 7) is 9.16. The van der Waals surface area contributed by atoms with E-state index in [4.69, 9.17) is 0 Å². The van der Waals surface area contributed by atoms with Gasteiger partial charge in [0, 0.05) is 55.2 Å². The molecule has 0 saturated carbocycles. The van der Waals surface area contributed by atoms with Crippen molar-refractivity contribution in [1.82, 2.24) is 30.2 Å². The van der Waals surface area contributed by atoms with Gasteiger partial charge in [-0.15, -0.1) is 0 Å². The molecule has 4 rings (SSSR count). The number of amides is 1. The van der Waals surface area contributed by atoms with Crippen molar-refractivity contribution in [3.05, 3.63) is 66.4 Å². The number of pyridine rings is 1. The number of anilines is 2. The smallest absolute Gasteiger partial charge is 0.251 e. The number of nitrogens with zero attached hydrogens (tertiary/aromatic N) is 5. The van der Waals surface area contributed by atoms with Crippen molar-refractivity contribution < 1.29 is 4.79 Å². The Bertz CT molecular complexity index is 1340. The molecule has 9 nitrogen and oxygen atoms in total. The molecule has 0 bridgehead atoms. The summed E-state index contributed by atoms with van der Waals surface area (Å²) in [5, 5.41) is 10.2. The van der Waals surface area contributed by atoms with E-state index in [1.54, 1.807) is 38.0 Å². The van der Waals surface area contributed by atoms with E-state index in [0.717, 1.165) is 33.5 Å². The molecular formula is C27H32N8O. The third-order valence-electron chi connectivity index (χ3n) is 6.26. The van der Waals surface area contributed by atoms with E-state index in [0.29, 0.717) is 18.1 Å². The predicted molar refractivity (Wildman–Crippen MR) is 143 cm³/mol. The lowest BCUT2D eigenvalue weighted by molar-refractivity contribution is 0.0964.